The number of hydroxylamine groups is 1. The van der Waals surface area contributed by atoms with Gasteiger partial charge in [-0.2, -0.15) is 17.8 Å². The molecule has 1 N–H and O–H groups in total. The van der Waals surface area contributed by atoms with Crippen molar-refractivity contribution in [2.45, 2.75) is 5.92 Å². The van der Waals surface area contributed by atoms with Crippen LogP contribution in [0.2, 0.25) is 5.02 Å². The molecule has 0 aromatic heterocycles. The molecule has 1 aliphatic rings. The van der Waals surface area contributed by atoms with Gasteiger partial charge in [0.05, 0.1) is 19.4 Å². The number of hydrazone groups is 1. The van der Waals surface area contributed by atoms with E-state index in [2.05, 4.69) is 15.0 Å². The average molecular weight is 436 g/mol. The van der Waals surface area contributed by atoms with Crippen molar-refractivity contribution in [1.82, 2.24) is 14.8 Å². The largest absolute Gasteiger partial charge is 0.325 e. The monoisotopic (exact) mass is 435 g/mol. The Kier molecular flexibility index (Phi) is 6.53. The van der Waals surface area contributed by atoms with Gasteiger partial charge in [-0.25, -0.2) is 10.5 Å². The normalized spacial score (nSPS) is 17.6. The highest BCUT2D eigenvalue weighted by Crippen LogP contribution is 2.29. The highest BCUT2D eigenvalue weighted by Gasteiger charge is 2.32. The van der Waals surface area contributed by atoms with Crippen LogP contribution < -0.4 is 5.48 Å². The predicted octanol–water partition coefficient (Wildman–Crippen LogP) is 2.46. The molecule has 2 aromatic carbocycles. The SMILES string of the molecule is CON/C(=N\S(=O)(=O)N(C)C)N1CC(c2ccccc2)C(c2ccc(Cl)cc2)=N1. The Bertz CT molecular complexity index is 1010. The third-order valence-electron chi connectivity index (χ3n) is 4.36. The fourth-order valence-corrected chi connectivity index (χ4v) is 3.50. The van der Waals surface area contributed by atoms with Gasteiger partial charge in [-0.05, 0) is 23.3 Å². The van der Waals surface area contributed by atoms with Crippen LogP contribution in [-0.4, -0.2) is 57.2 Å². The number of hydrogen-bond acceptors (Lipinski definition) is 4. The predicted molar refractivity (Wildman–Crippen MR) is 114 cm³/mol. The van der Waals surface area contributed by atoms with Crippen molar-refractivity contribution in [3.8, 4) is 0 Å². The summed E-state index contributed by atoms with van der Waals surface area (Å²) in [6.07, 6.45) is 0. The summed E-state index contributed by atoms with van der Waals surface area (Å²) in [5.74, 6) is -0.116. The smallest absolute Gasteiger partial charge is 0.277 e. The van der Waals surface area contributed by atoms with Gasteiger partial charge in [-0.3, -0.25) is 4.84 Å². The molecule has 3 rings (SSSR count). The number of rotatable bonds is 5. The van der Waals surface area contributed by atoms with Crippen LogP contribution in [0.4, 0.5) is 0 Å². The first-order valence-corrected chi connectivity index (χ1v) is 10.6. The van der Waals surface area contributed by atoms with Crippen LogP contribution in [-0.2, 0) is 15.0 Å². The summed E-state index contributed by atoms with van der Waals surface area (Å²) < 4.78 is 29.4. The maximum Gasteiger partial charge on any atom is 0.325 e. The van der Waals surface area contributed by atoms with Gasteiger partial charge in [0, 0.05) is 25.0 Å². The van der Waals surface area contributed by atoms with Gasteiger partial charge >= 0.3 is 10.2 Å². The Balaban J connectivity index is 2.05. The standard InChI is InChI=1S/C19H22ClN5O3S/c1-24(2)29(26,27)23-19(22-28-3)25-13-17(14-7-5-4-6-8-14)18(21-25)15-9-11-16(20)12-10-15/h4-12,17H,13H2,1-3H3,(H,22,23). The average Bonchev–Trinajstić information content (AvgIpc) is 3.14. The van der Waals surface area contributed by atoms with Crippen LogP contribution in [0.15, 0.2) is 64.1 Å². The number of nitrogens with zero attached hydrogens (tertiary/aromatic N) is 4. The van der Waals surface area contributed by atoms with E-state index in [1.807, 2.05) is 42.5 Å². The molecule has 154 valence electrons. The molecule has 1 heterocycles. The van der Waals surface area contributed by atoms with Crippen molar-refractivity contribution in [3.05, 3.63) is 70.7 Å². The summed E-state index contributed by atoms with van der Waals surface area (Å²) >= 11 is 6.03. The lowest BCUT2D eigenvalue weighted by molar-refractivity contribution is 0.132. The summed E-state index contributed by atoms with van der Waals surface area (Å²) in [5, 5.41) is 6.78. The molecule has 0 aliphatic carbocycles. The highest BCUT2D eigenvalue weighted by molar-refractivity contribution is 7.87. The second kappa shape index (κ2) is 8.91. The van der Waals surface area contributed by atoms with Crippen LogP contribution in [0, 0.1) is 0 Å². The summed E-state index contributed by atoms with van der Waals surface area (Å²) in [5.41, 5.74) is 5.25. The minimum atomic E-state index is -3.88. The topological polar surface area (TPSA) is 86.6 Å². The van der Waals surface area contributed by atoms with Crippen molar-refractivity contribution in [2.24, 2.45) is 9.50 Å². The van der Waals surface area contributed by atoms with Crippen molar-refractivity contribution >= 4 is 33.5 Å². The number of hydrogen-bond donors (Lipinski definition) is 1. The lowest BCUT2D eigenvalue weighted by Gasteiger charge is -2.19. The molecule has 0 spiro atoms. The molecule has 1 atom stereocenters. The maximum atomic E-state index is 12.3. The molecule has 10 heteroatoms. The zero-order valence-corrected chi connectivity index (χ0v) is 17.9. The molecule has 2 aromatic rings. The molecule has 0 amide bonds. The molecular weight excluding hydrogens is 414 g/mol. The molecule has 1 unspecified atom stereocenters. The van der Waals surface area contributed by atoms with Crippen molar-refractivity contribution < 1.29 is 13.3 Å². The molecular formula is C19H22ClN5O3S. The second-order valence-electron chi connectivity index (χ2n) is 6.52. The van der Waals surface area contributed by atoms with E-state index in [1.54, 1.807) is 12.1 Å². The summed E-state index contributed by atoms with van der Waals surface area (Å²) in [6.45, 7) is 0.389. The third kappa shape index (κ3) is 4.94. The Hall–Kier alpha value is -2.46. The number of halogens is 1. The fourth-order valence-electron chi connectivity index (χ4n) is 2.86. The van der Waals surface area contributed by atoms with E-state index in [0.717, 1.165) is 21.1 Å². The van der Waals surface area contributed by atoms with Crippen LogP contribution in [0.1, 0.15) is 17.0 Å². The molecule has 29 heavy (non-hydrogen) atoms. The quantitative estimate of drug-likeness (QED) is 0.443. The zero-order valence-electron chi connectivity index (χ0n) is 16.3. The highest BCUT2D eigenvalue weighted by atomic mass is 35.5. The van der Waals surface area contributed by atoms with Crippen molar-refractivity contribution in [2.75, 3.05) is 27.7 Å². The summed E-state index contributed by atoms with van der Waals surface area (Å²) in [7, 11) is 0.315. The molecule has 0 bridgehead atoms. The molecule has 0 fully saturated rings. The Morgan fingerprint density at radius 1 is 1.21 bits per heavy atom. The first-order valence-electron chi connectivity index (χ1n) is 8.80. The fraction of sp³-hybridized carbons (Fsp3) is 0.263. The first-order chi connectivity index (χ1) is 13.8. The van der Waals surface area contributed by atoms with E-state index in [1.165, 1.54) is 26.2 Å². The van der Waals surface area contributed by atoms with E-state index >= 15 is 0 Å². The van der Waals surface area contributed by atoms with Gasteiger partial charge in [-0.15, -0.1) is 4.40 Å². The Morgan fingerprint density at radius 2 is 1.86 bits per heavy atom. The van der Waals surface area contributed by atoms with Crippen LogP contribution in [0.3, 0.4) is 0 Å². The first kappa shape index (κ1) is 21.3. The van der Waals surface area contributed by atoms with Gasteiger partial charge in [0.1, 0.15) is 0 Å². The van der Waals surface area contributed by atoms with Crippen molar-refractivity contribution in [1.29, 1.82) is 0 Å². The van der Waals surface area contributed by atoms with E-state index < -0.39 is 10.2 Å². The molecule has 1 aliphatic heterocycles. The summed E-state index contributed by atoms with van der Waals surface area (Å²) in [4.78, 5) is 4.95. The second-order valence-corrected chi connectivity index (χ2v) is 8.76. The molecule has 0 saturated carbocycles. The lowest BCUT2D eigenvalue weighted by Crippen LogP contribution is -2.39. The van der Waals surface area contributed by atoms with Crippen LogP contribution in [0.5, 0.6) is 0 Å². The lowest BCUT2D eigenvalue weighted by atomic mass is 9.91. The third-order valence-corrected chi connectivity index (χ3v) is 5.94. The number of benzene rings is 2. The van der Waals surface area contributed by atoms with Gasteiger partial charge in [0.25, 0.3) is 5.96 Å². The number of nitrogens with one attached hydrogen (secondary N) is 1. The van der Waals surface area contributed by atoms with E-state index in [9.17, 15) is 8.42 Å². The molecule has 8 nitrogen and oxygen atoms in total. The Labute approximate surface area is 175 Å². The van der Waals surface area contributed by atoms with Gasteiger partial charge < -0.3 is 0 Å². The van der Waals surface area contributed by atoms with Crippen LogP contribution in [0.25, 0.3) is 0 Å². The summed E-state index contributed by atoms with van der Waals surface area (Å²) in [6, 6.07) is 17.2. The molecule has 0 radical (unpaired) electrons. The maximum absolute atomic E-state index is 12.3. The molecule has 0 saturated heterocycles. The minimum absolute atomic E-state index is 0.0221. The van der Waals surface area contributed by atoms with E-state index in [-0.39, 0.29) is 11.9 Å². The van der Waals surface area contributed by atoms with Crippen LogP contribution >= 0.6 is 11.6 Å². The van der Waals surface area contributed by atoms with E-state index in [0.29, 0.717) is 11.6 Å². The Morgan fingerprint density at radius 3 is 2.45 bits per heavy atom. The van der Waals surface area contributed by atoms with E-state index in [4.69, 9.17) is 16.4 Å². The minimum Gasteiger partial charge on any atom is -0.277 e. The van der Waals surface area contributed by atoms with Gasteiger partial charge in [0.2, 0.25) is 0 Å². The van der Waals surface area contributed by atoms with Crippen molar-refractivity contribution in [3.63, 3.8) is 0 Å². The van der Waals surface area contributed by atoms with Gasteiger partial charge in [0.15, 0.2) is 0 Å². The van der Waals surface area contributed by atoms with Gasteiger partial charge in [-0.1, -0.05) is 54.1 Å². The zero-order chi connectivity index (χ0) is 21.0. The number of guanidine groups is 1.